The van der Waals surface area contributed by atoms with E-state index in [0.29, 0.717) is 17.1 Å². The third kappa shape index (κ3) is 2.45. The molecular formula is C12H16O4. The number of methoxy groups -OCH3 is 2. The maximum Gasteiger partial charge on any atom is 0.307 e. The fourth-order valence-corrected chi connectivity index (χ4v) is 1.71. The molecular weight excluding hydrogens is 208 g/mol. The summed E-state index contributed by atoms with van der Waals surface area (Å²) in [5.41, 5.74) is 1.66. The number of hydrogen-bond acceptors (Lipinski definition) is 3. The molecule has 16 heavy (non-hydrogen) atoms. The first-order valence-electron chi connectivity index (χ1n) is 5.08. The molecule has 4 heteroatoms. The lowest BCUT2D eigenvalue weighted by atomic mass is 10.0. The first-order chi connectivity index (χ1) is 7.63. The third-order valence-corrected chi connectivity index (χ3v) is 2.45. The van der Waals surface area contributed by atoms with Crippen LogP contribution in [0.3, 0.4) is 0 Å². The molecule has 0 radical (unpaired) electrons. The number of carboxylic acid groups (broad SMARTS) is 1. The maximum absolute atomic E-state index is 10.8. The van der Waals surface area contributed by atoms with Gasteiger partial charge in [0.05, 0.1) is 20.6 Å². The fraction of sp³-hybridized carbons (Fsp3) is 0.417. The molecule has 1 N–H and O–H groups in total. The molecule has 4 nitrogen and oxygen atoms in total. The molecule has 88 valence electrons. The van der Waals surface area contributed by atoms with E-state index in [2.05, 4.69) is 0 Å². The summed E-state index contributed by atoms with van der Waals surface area (Å²) in [6, 6.07) is 3.67. The molecule has 0 aliphatic rings. The summed E-state index contributed by atoms with van der Waals surface area (Å²) in [6.07, 6.45) is 0.715. The first kappa shape index (κ1) is 12.4. The molecule has 1 rings (SSSR count). The van der Waals surface area contributed by atoms with Gasteiger partial charge in [0.2, 0.25) is 0 Å². The SMILES string of the molecule is CCc1ccc(OC)c(OC)c1CC(=O)O. The van der Waals surface area contributed by atoms with E-state index in [1.54, 1.807) is 6.07 Å². The lowest BCUT2D eigenvalue weighted by molar-refractivity contribution is -0.136. The third-order valence-electron chi connectivity index (χ3n) is 2.45. The van der Waals surface area contributed by atoms with E-state index in [4.69, 9.17) is 14.6 Å². The van der Waals surface area contributed by atoms with E-state index in [-0.39, 0.29) is 6.42 Å². The van der Waals surface area contributed by atoms with E-state index in [1.807, 2.05) is 13.0 Å². The Bertz CT molecular complexity index is 385. The van der Waals surface area contributed by atoms with Crippen LogP contribution in [-0.2, 0) is 17.6 Å². The molecule has 0 aliphatic heterocycles. The van der Waals surface area contributed by atoms with Gasteiger partial charge in [-0.1, -0.05) is 13.0 Å². The lowest BCUT2D eigenvalue weighted by Gasteiger charge is -2.14. The second-order valence-corrected chi connectivity index (χ2v) is 3.36. The number of aliphatic carboxylic acids is 1. The Kier molecular flexibility index (Phi) is 4.17. The zero-order valence-corrected chi connectivity index (χ0v) is 9.74. The highest BCUT2D eigenvalue weighted by Gasteiger charge is 2.16. The minimum Gasteiger partial charge on any atom is -0.493 e. The van der Waals surface area contributed by atoms with E-state index in [9.17, 15) is 4.79 Å². The van der Waals surface area contributed by atoms with Gasteiger partial charge in [0.25, 0.3) is 0 Å². The Morgan fingerprint density at radius 2 is 2.00 bits per heavy atom. The molecule has 0 atom stereocenters. The number of aryl methyl sites for hydroxylation is 1. The summed E-state index contributed by atoms with van der Waals surface area (Å²) in [5.74, 6) is 0.210. The van der Waals surface area contributed by atoms with Gasteiger partial charge >= 0.3 is 5.97 Å². The van der Waals surface area contributed by atoms with Crippen molar-refractivity contribution in [2.45, 2.75) is 19.8 Å². The predicted molar refractivity (Wildman–Crippen MR) is 60.3 cm³/mol. The fourth-order valence-electron chi connectivity index (χ4n) is 1.71. The molecule has 0 spiro atoms. The number of carboxylic acids is 1. The molecule has 0 saturated carbocycles. The van der Waals surface area contributed by atoms with Gasteiger partial charge in [-0.3, -0.25) is 4.79 Å². The van der Waals surface area contributed by atoms with E-state index in [1.165, 1.54) is 14.2 Å². The largest absolute Gasteiger partial charge is 0.493 e. The summed E-state index contributed by atoms with van der Waals surface area (Å²) in [7, 11) is 3.05. The van der Waals surface area contributed by atoms with Crippen LogP contribution in [0, 0.1) is 0 Å². The second-order valence-electron chi connectivity index (χ2n) is 3.36. The van der Waals surface area contributed by atoms with E-state index in [0.717, 1.165) is 12.0 Å². The van der Waals surface area contributed by atoms with Crippen molar-refractivity contribution in [1.29, 1.82) is 0 Å². The van der Waals surface area contributed by atoms with Crippen LogP contribution in [0.2, 0.25) is 0 Å². The Hall–Kier alpha value is -1.71. The van der Waals surface area contributed by atoms with Gasteiger partial charge in [0.1, 0.15) is 0 Å². The standard InChI is InChI=1S/C12H16O4/c1-4-8-5-6-10(15-2)12(16-3)9(8)7-11(13)14/h5-6H,4,7H2,1-3H3,(H,13,14). The van der Waals surface area contributed by atoms with Gasteiger partial charge in [-0.05, 0) is 18.1 Å². The van der Waals surface area contributed by atoms with Crippen LogP contribution in [0.15, 0.2) is 12.1 Å². The molecule has 1 aromatic carbocycles. The highest BCUT2D eigenvalue weighted by Crippen LogP contribution is 2.34. The molecule has 0 aromatic heterocycles. The zero-order chi connectivity index (χ0) is 12.1. The summed E-state index contributed by atoms with van der Waals surface area (Å²) in [5, 5.41) is 8.87. The van der Waals surface area contributed by atoms with Crippen molar-refractivity contribution in [1.82, 2.24) is 0 Å². The number of rotatable bonds is 5. The summed E-state index contributed by atoms with van der Waals surface area (Å²) >= 11 is 0. The number of ether oxygens (including phenoxy) is 2. The average molecular weight is 224 g/mol. The highest BCUT2D eigenvalue weighted by molar-refractivity contribution is 5.73. The minimum atomic E-state index is -0.874. The molecule has 1 aromatic rings. The highest BCUT2D eigenvalue weighted by atomic mass is 16.5. The van der Waals surface area contributed by atoms with E-state index >= 15 is 0 Å². The van der Waals surface area contributed by atoms with Crippen LogP contribution in [0.4, 0.5) is 0 Å². The molecule has 0 amide bonds. The molecule has 0 unspecified atom stereocenters. The topological polar surface area (TPSA) is 55.8 Å². The Morgan fingerprint density at radius 3 is 2.44 bits per heavy atom. The number of benzene rings is 1. The second kappa shape index (κ2) is 5.39. The monoisotopic (exact) mass is 224 g/mol. The Balaban J connectivity index is 3.30. The van der Waals surface area contributed by atoms with Crippen molar-refractivity contribution >= 4 is 5.97 Å². The molecule has 0 saturated heterocycles. The summed E-state index contributed by atoms with van der Waals surface area (Å²) in [6.45, 7) is 1.98. The van der Waals surface area contributed by atoms with Gasteiger partial charge in [-0.15, -0.1) is 0 Å². The van der Waals surface area contributed by atoms with E-state index < -0.39 is 5.97 Å². The van der Waals surface area contributed by atoms with Crippen LogP contribution < -0.4 is 9.47 Å². The first-order valence-corrected chi connectivity index (χ1v) is 5.08. The van der Waals surface area contributed by atoms with Gasteiger partial charge < -0.3 is 14.6 Å². The Morgan fingerprint density at radius 1 is 1.31 bits per heavy atom. The van der Waals surface area contributed by atoms with Crippen LogP contribution in [0.5, 0.6) is 11.5 Å². The number of carbonyl (C=O) groups is 1. The lowest BCUT2D eigenvalue weighted by Crippen LogP contribution is -2.06. The van der Waals surface area contributed by atoms with Crippen LogP contribution in [0.1, 0.15) is 18.1 Å². The van der Waals surface area contributed by atoms with Crippen molar-refractivity contribution < 1.29 is 19.4 Å². The van der Waals surface area contributed by atoms with Crippen LogP contribution >= 0.6 is 0 Å². The van der Waals surface area contributed by atoms with Crippen molar-refractivity contribution in [3.05, 3.63) is 23.3 Å². The molecule has 0 aliphatic carbocycles. The van der Waals surface area contributed by atoms with Crippen molar-refractivity contribution in [3.63, 3.8) is 0 Å². The van der Waals surface area contributed by atoms with Crippen LogP contribution in [0.25, 0.3) is 0 Å². The summed E-state index contributed by atoms with van der Waals surface area (Å²) in [4.78, 5) is 10.8. The van der Waals surface area contributed by atoms with Gasteiger partial charge in [0.15, 0.2) is 11.5 Å². The zero-order valence-electron chi connectivity index (χ0n) is 9.74. The smallest absolute Gasteiger partial charge is 0.307 e. The van der Waals surface area contributed by atoms with Gasteiger partial charge in [-0.25, -0.2) is 0 Å². The quantitative estimate of drug-likeness (QED) is 0.829. The van der Waals surface area contributed by atoms with Gasteiger partial charge in [-0.2, -0.15) is 0 Å². The summed E-state index contributed by atoms with van der Waals surface area (Å²) < 4.78 is 10.4. The number of hydrogen-bond donors (Lipinski definition) is 1. The molecule has 0 heterocycles. The normalized spacial score (nSPS) is 9.94. The Labute approximate surface area is 94.8 Å². The molecule has 0 bridgehead atoms. The average Bonchev–Trinajstić information content (AvgIpc) is 2.27. The van der Waals surface area contributed by atoms with Crippen molar-refractivity contribution in [3.8, 4) is 11.5 Å². The minimum absolute atomic E-state index is 0.0520. The molecule has 0 fully saturated rings. The van der Waals surface area contributed by atoms with Gasteiger partial charge in [0, 0.05) is 5.56 Å². The van der Waals surface area contributed by atoms with Crippen molar-refractivity contribution in [2.24, 2.45) is 0 Å². The predicted octanol–water partition coefficient (Wildman–Crippen LogP) is 1.89. The maximum atomic E-state index is 10.8. The van der Waals surface area contributed by atoms with Crippen molar-refractivity contribution in [2.75, 3.05) is 14.2 Å². The van der Waals surface area contributed by atoms with Crippen LogP contribution in [-0.4, -0.2) is 25.3 Å².